The Balaban J connectivity index is 2.46. The molecule has 0 bridgehead atoms. The summed E-state index contributed by atoms with van der Waals surface area (Å²) in [5.74, 6) is 3.80. The Morgan fingerprint density at radius 1 is 1.91 bits per heavy atom. The van der Waals surface area contributed by atoms with Gasteiger partial charge in [-0.15, -0.1) is 6.42 Å². The van der Waals surface area contributed by atoms with E-state index in [9.17, 15) is 4.79 Å². The molecule has 0 aliphatic carbocycles. The van der Waals surface area contributed by atoms with Gasteiger partial charge in [-0.1, -0.05) is 17.7 Å². The fraction of sp³-hybridized carbons (Fsp3) is 0.429. The molecule has 1 atom stereocenters. The van der Waals surface area contributed by atoms with Gasteiger partial charge in [0.15, 0.2) is 0 Å². The maximum Gasteiger partial charge on any atom is 0.306 e. The average molecular weight is 168 g/mol. The Morgan fingerprint density at radius 3 is 3.09 bits per heavy atom. The molecule has 0 spiro atoms. The van der Waals surface area contributed by atoms with Gasteiger partial charge in [0.25, 0.3) is 0 Å². The van der Waals surface area contributed by atoms with E-state index in [1.54, 1.807) is 0 Å². The van der Waals surface area contributed by atoms with Crippen molar-refractivity contribution in [3.63, 3.8) is 0 Å². The Kier molecular flexibility index (Phi) is 2.55. The summed E-state index contributed by atoms with van der Waals surface area (Å²) in [4.78, 5) is 14.3. The Hall–Kier alpha value is -0.950. The molecule has 0 radical (unpaired) electrons. The molecule has 1 amide bonds. The van der Waals surface area contributed by atoms with E-state index in [-0.39, 0.29) is 11.3 Å². The summed E-state index contributed by atoms with van der Waals surface area (Å²) in [6, 6.07) is -0.0553. The van der Waals surface area contributed by atoms with Crippen LogP contribution in [0, 0.1) is 12.3 Å². The summed E-state index contributed by atoms with van der Waals surface area (Å²) in [7, 11) is 0. The van der Waals surface area contributed by atoms with Crippen molar-refractivity contribution in [2.24, 2.45) is 4.99 Å². The van der Waals surface area contributed by atoms with Crippen LogP contribution in [0.15, 0.2) is 4.99 Å². The Labute approximate surface area is 69.7 Å². The first-order valence-corrected chi connectivity index (χ1v) is 4.18. The number of nitrogens with zero attached hydrogens (tertiary/aromatic N) is 1. The van der Waals surface area contributed by atoms with E-state index in [1.807, 2.05) is 6.92 Å². The highest BCUT2D eigenvalue weighted by Crippen LogP contribution is 2.12. The van der Waals surface area contributed by atoms with Gasteiger partial charge in [-0.3, -0.25) is 4.79 Å². The highest BCUT2D eigenvalue weighted by Gasteiger charge is 2.14. The maximum atomic E-state index is 10.6. The van der Waals surface area contributed by atoms with Crippen molar-refractivity contribution in [3.05, 3.63) is 0 Å². The fourth-order valence-electron chi connectivity index (χ4n) is 0.670. The van der Waals surface area contributed by atoms with E-state index in [0.29, 0.717) is 11.6 Å². The van der Waals surface area contributed by atoms with Crippen LogP contribution in [-0.2, 0) is 0 Å². The van der Waals surface area contributed by atoms with Gasteiger partial charge in [-0.25, -0.2) is 0 Å². The van der Waals surface area contributed by atoms with E-state index in [1.165, 1.54) is 11.8 Å². The van der Waals surface area contributed by atoms with E-state index >= 15 is 0 Å². The number of carbonyl (C=O) groups is 1. The summed E-state index contributed by atoms with van der Waals surface area (Å²) in [5.41, 5.74) is 0. The van der Waals surface area contributed by atoms with Crippen molar-refractivity contribution >= 4 is 22.8 Å². The van der Waals surface area contributed by atoms with Gasteiger partial charge in [0.2, 0.25) is 0 Å². The van der Waals surface area contributed by atoms with Crippen LogP contribution < -0.4 is 5.32 Å². The molecule has 4 heteroatoms. The number of amides is 1. The van der Waals surface area contributed by atoms with Gasteiger partial charge in [0, 0.05) is 0 Å². The standard InChI is InChI=1S/C7H8N2OS/c1-3-5(2)8-6-4-11-7(10)9-6/h1,5H,4H2,2H3,(H,8,9,10). The first-order chi connectivity index (χ1) is 5.22. The van der Waals surface area contributed by atoms with Crippen molar-refractivity contribution in [1.29, 1.82) is 0 Å². The molecule has 0 aromatic heterocycles. The predicted octanol–water partition coefficient (Wildman–Crippen LogP) is 0.863. The van der Waals surface area contributed by atoms with Crippen LogP contribution in [0.25, 0.3) is 0 Å². The van der Waals surface area contributed by atoms with Crippen LogP contribution in [0.3, 0.4) is 0 Å². The third-order valence-electron chi connectivity index (χ3n) is 1.19. The molecule has 58 valence electrons. The lowest BCUT2D eigenvalue weighted by atomic mass is 10.3. The van der Waals surface area contributed by atoms with Gasteiger partial charge in [0.05, 0.1) is 11.8 Å². The largest absolute Gasteiger partial charge is 0.359 e. The molecule has 1 rings (SSSR count). The van der Waals surface area contributed by atoms with Crippen LogP contribution in [0.4, 0.5) is 4.79 Å². The number of nitrogens with one attached hydrogen (secondary N) is 1. The van der Waals surface area contributed by atoms with Gasteiger partial charge < -0.3 is 5.32 Å². The van der Waals surface area contributed by atoms with E-state index in [2.05, 4.69) is 16.2 Å². The summed E-state index contributed by atoms with van der Waals surface area (Å²) in [6.45, 7) is 1.84. The average Bonchev–Trinajstić information content (AvgIpc) is 2.35. The molecule has 0 fully saturated rings. The number of rotatable bonds is 1. The molecule has 1 heterocycles. The van der Waals surface area contributed by atoms with Crippen molar-refractivity contribution < 1.29 is 4.79 Å². The monoisotopic (exact) mass is 168 g/mol. The SMILES string of the molecule is C#CC(C)NC1=NC(=O)SC1. The summed E-state index contributed by atoms with van der Waals surface area (Å²) >= 11 is 1.18. The molecule has 3 nitrogen and oxygen atoms in total. The summed E-state index contributed by atoms with van der Waals surface area (Å²) in [6.07, 6.45) is 5.13. The second-order valence-electron chi connectivity index (χ2n) is 2.15. The number of carbonyl (C=O) groups excluding carboxylic acids is 1. The van der Waals surface area contributed by atoms with Gasteiger partial charge >= 0.3 is 5.24 Å². The topological polar surface area (TPSA) is 41.5 Å². The van der Waals surface area contributed by atoms with Crippen LogP contribution >= 0.6 is 11.8 Å². The molecule has 0 saturated carbocycles. The normalized spacial score (nSPS) is 18.9. The fourth-order valence-corrected chi connectivity index (χ4v) is 1.25. The molecule has 1 aliphatic heterocycles. The number of thioether (sulfide) groups is 1. The lowest BCUT2D eigenvalue weighted by molar-refractivity contribution is 0.268. The zero-order chi connectivity index (χ0) is 8.27. The van der Waals surface area contributed by atoms with Crippen molar-refractivity contribution in [2.75, 3.05) is 5.75 Å². The molecular formula is C7H8N2OS. The molecule has 1 N–H and O–H groups in total. The quantitative estimate of drug-likeness (QED) is 0.590. The number of hydrogen-bond donors (Lipinski definition) is 1. The summed E-state index contributed by atoms with van der Waals surface area (Å²) < 4.78 is 0. The van der Waals surface area contributed by atoms with Crippen LogP contribution in [-0.4, -0.2) is 22.9 Å². The first kappa shape index (κ1) is 8.15. The highest BCUT2D eigenvalue weighted by atomic mass is 32.2. The molecule has 0 aromatic carbocycles. The zero-order valence-corrected chi connectivity index (χ0v) is 6.94. The minimum absolute atomic E-state index is 0.0553. The molecule has 11 heavy (non-hydrogen) atoms. The molecule has 0 saturated heterocycles. The van der Waals surface area contributed by atoms with Gasteiger partial charge in [-0.2, -0.15) is 4.99 Å². The third kappa shape index (κ3) is 2.28. The zero-order valence-electron chi connectivity index (χ0n) is 6.13. The minimum atomic E-state index is -0.142. The van der Waals surface area contributed by atoms with Crippen LogP contribution in [0.1, 0.15) is 6.92 Å². The van der Waals surface area contributed by atoms with E-state index in [0.717, 1.165) is 0 Å². The Bertz CT molecular complexity index is 241. The van der Waals surface area contributed by atoms with Crippen LogP contribution in [0.2, 0.25) is 0 Å². The molecule has 0 aromatic rings. The molecular weight excluding hydrogens is 160 g/mol. The lowest BCUT2D eigenvalue weighted by Gasteiger charge is -2.05. The summed E-state index contributed by atoms with van der Waals surface area (Å²) in [5, 5.41) is 2.79. The second kappa shape index (κ2) is 3.44. The molecule has 1 aliphatic rings. The van der Waals surface area contributed by atoms with Crippen LogP contribution in [0.5, 0.6) is 0 Å². The van der Waals surface area contributed by atoms with Gasteiger partial charge in [-0.05, 0) is 6.92 Å². The first-order valence-electron chi connectivity index (χ1n) is 3.19. The second-order valence-corrected chi connectivity index (χ2v) is 3.07. The van der Waals surface area contributed by atoms with Crippen molar-refractivity contribution in [1.82, 2.24) is 5.32 Å². The molecule has 1 unspecified atom stereocenters. The maximum absolute atomic E-state index is 10.6. The van der Waals surface area contributed by atoms with E-state index < -0.39 is 0 Å². The highest BCUT2D eigenvalue weighted by molar-refractivity contribution is 8.14. The lowest BCUT2D eigenvalue weighted by Crippen LogP contribution is -2.31. The number of amidine groups is 1. The van der Waals surface area contributed by atoms with E-state index in [4.69, 9.17) is 6.42 Å². The number of hydrogen-bond acceptors (Lipinski definition) is 3. The van der Waals surface area contributed by atoms with Crippen molar-refractivity contribution in [3.8, 4) is 12.3 Å². The Morgan fingerprint density at radius 2 is 2.64 bits per heavy atom. The number of terminal acetylenes is 1. The minimum Gasteiger partial charge on any atom is -0.359 e. The number of aliphatic imine (C=N–C) groups is 1. The van der Waals surface area contributed by atoms with Crippen molar-refractivity contribution in [2.45, 2.75) is 13.0 Å². The smallest absolute Gasteiger partial charge is 0.306 e. The van der Waals surface area contributed by atoms with Gasteiger partial charge in [0.1, 0.15) is 5.84 Å². The third-order valence-corrected chi connectivity index (χ3v) is 1.95. The predicted molar refractivity (Wildman–Crippen MR) is 46.7 cm³/mol.